The monoisotopic (exact) mass is 497 g/mol. The lowest BCUT2D eigenvalue weighted by molar-refractivity contribution is -0.126. The summed E-state index contributed by atoms with van der Waals surface area (Å²) in [5.41, 5.74) is 0.458. The van der Waals surface area contributed by atoms with E-state index in [1.165, 1.54) is 27.2 Å². The summed E-state index contributed by atoms with van der Waals surface area (Å²) in [5.74, 6) is 0.0513. The van der Waals surface area contributed by atoms with Crippen LogP contribution >= 0.6 is 23.2 Å². The molecule has 2 rings (SSSR count). The highest BCUT2D eigenvalue weighted by molar-refractivity contribution is 6.35. The molecule has 9 nitrogen and oxygen atoms in total. The second-order valence-electron chi connectivity index (χ2n) is 6.47. The summed E-state index contributed by atoms with van der Waals surface area (Å²) in [5, 5.41) is 10.9. The van der Waals surface area contributed by atoms with Gasteiger partial charge in [-0.25, -0.2) is 0 Å². The number of hydrogen-bond donors (Lipinski definition) is 1. The van der Waals surface area contributed by atoms with Crippen molar-refractivity contribution >= 4 is 46.3 Å². The number of carbonyl (C=O) groups excluding carboxylic acids is 2. The predicted molar refractivity (Wildman–Crippen MR) is 126 cm³/mol. The molecule has 0 fully saturated rings. The van der Waals surface area contributed by atoms with Gasteiger partial charge in [0, 0.05) is 0 Å². The third-order valence-corrected chi connectivity index (χ3v) is 5.01. The number of benzene rings is 2. The number of ether oxygens (including phenoxy) is 4. The third kappa shape index (κ3) is 6.27. The van der Waals surface area contributed by atoms with Crippen LogP contribution in [0.1, 0.15) is 20.8 Å². The minimum atomic E-state index is -1.44. The molecule has 0 aliphatic rings. The van der Waals surface area contributed by atoms with E-state index in [2.05, 4.69) is 15.5 Å². The van der Waals surface area contributed by atoms with Crippen molar-refractivity contribution in [1.82, 2.24) is 0 Å². The average molecular weight is 498 g/mol. The number of nitrogens with zero attached hydrogens (tertiary/aromatic N) is 2. The lowest BCUT2D eigenvalue weighted by atomic mass is 10.2. The molecule has 0 heterocycles. The fraction of sp³-hybridized carbons (Fsp3) is 0.364. The fourth-order valence-electron chi connectivity index (χ4n) is 2.79. The van der Waals surface area contributed by atoms with Crippen molar-refractivity contribution in [1.29, 1.82) is 0 Å². The first-order valence-electron chi connectivity index (χ1n) is 9.99. The molecule has 0 saturated heterocycles. The molecule has 1 N–H and O–H groups in total. The number of carbonyl (C=O) groups is 2. The van der Waals surface area contributed by atoms with Crippen LogP contribution in [0.15, 0.2) is 34.5 Å². The Morgan fingerprint density at radius 2 is 1.61 bits per heavy atom. The number of hydrogen-bond acceptors (Lipinski definition) is 8. The predicted octanol–water partition coefficient (Wildman–Crippen LogP) is 5.49. The summed E-state index contributed by atoms with van der Waals surface area (Å²) in [6.45, 7) is 5.63. The van der Waals surface area contributed by atoms with Gasteiger partial charge in [-0.3, -0.25) is 9.59 Å². The SMILES string of the molecule is CCOc1ccc(N=NC(C(C)=O)C(=O)Nc2ccc(OC)c(Cl)c2OC)c(Cl)c1OCC. The normalized spacial score (nSPS) is 11.7. The molecule has 1 amide bonds. The molecular weight excluding hydrogens is 473 g/mol. The molecule has 0 aliphatic carbocycles. The van der Waals surface area contributed by atoms with E-state index in [4.69, 9.17) is 42.1 Å². The highest BCUT2D eigenvalue weighted by Gasteiger charge is 2.26. The van der Waals surface area contributed by atoms with Crippen molar-refractivity contribution in [2.24, 2.45) is 10.2 Å². The smallest absolute Gasteiger partial charge is 0.258 e. The maximum Gasteiger partial charge on any atom is 0.258 e. The van der Waals surface area contributed by atoms with Crippen LogP contribution in [-0.2, 0) is 9.59 Å². The number of rotatable bonds is 11. The van der Waals surface area contributed by atoms with Crippen LogP contribution in [-0.4, -0.2) is 45.2 Å². The number of azo groups is 1. The summed E-state index contributed by atoms with van der Waals surface area (Å²) >= 11 is 12.6. The van der Waals surface area contributed by atoms with Gasteiger partial charge in [-0.15, -0.1) is 0 Å². The average Bonchev–Trinajstić information content (AvgIpc) is 2.78. The van der Waals surface area contributed by atoms with Crippen LogP contribution in [0.25, 0.3) is 0 Å². The number of nitrogens with one attached hydrogen (secondary N) is 1. The number of Topliss-reactive ketones (excluding diaryl/α,β-unsaturated/α-hetero) is 1. The molecule has 0 aromatic heterocycles. The zero-order valence-electron chi connectivity index (χ0n) is 18.9. The summed E-state index contributed by atoms with van der Waals surface area (Å²) in [6.07, 6.45) is 0. The van der Waals surface area contributed by atoms with Crippen molar-refractivity contribution in [3.63, 3.8) is 0 Å². The number of ketones is 1. The Labute approximate surface area is 202 Å². The maximum atomic E-state index is 12.8. The summed E-state index contributed by atoms with van der Waals surface area (Å²) in [7, 11) is 2.84. The van der Waals surface area contributed by atoms with Crippen LogP contribution in [0.5, 0.6) is 23.0 Å². The van der Waals surface area contributed by atoms with Crippen molar-refractivity contribution in [3.8, 4) is 23.0 Å². The van der Waals surface area contributed by atoms with Crippen molar-refractivity contribution in [3.05, 3.63) is 34.3 Å². The van der Waals surface area contributed by atoms with Gasteiger partial charge in [0.25, 0.3) is 5.91 Å². The molecule has 11 heteroatoms. The Balaban J connectivity index is 2.33. The second kappa shape index (κ2) is 12.3. The van der Waals surface area contributed by atoms with Gasteiger partial charge in [-0.05, 0) is 45.0 Å². The Morgan fingerprint density at radius 1 is 0.939 bits per heavy atom. The number of anilines is 1. The Morgan fingerprint density at radius 3 is 2.18 bits per heavy atom. The highest BCUT2D eigenvalue weighted by atomic mass is 35.5. The van der Waals surface area contributed by atoms with E-state index >= 15 is 0 Å². The molecule has 0 spiro atoms. The van der Waals surface area contributed by atoms with E-state index in [1.54, 1.807) is 25.1 Å². The van der Waals surface area contributed by atoms with Crippen LogP contribution < -0.4 is 24.3 Å². The van der Waals surface area contributed by atoms with Gasteiger partial charge in [-0.2, -0.15) is 10.2 Å². The maximum absolute atomic E-state index is 12.8. The first-order chi connectivity index (χ1) is 15.8. The number of amides is 1. The quantitative estimate of drug-likeness (QED) is 0.324. The topological polar surface area (TPSA) is 108 Å². The molecule has 2 aromatic rings. The van der Waals surface area contributed by atoms with Gasteiger partial charge in [0.1, 0.15) is 21.5 Å². The summed E-state index contributed by atoms with van der Waals surface area (Å²) < 4.78 is 21.5. The van der Waals surface area contributed by atoms with E-state index in [9.17, 15) is 9.59 Å². The van der Waals surface area contributed by atoms with E-state index in [-0.39, 0.29) is 27.2 Å². The van der Waals surface area contributed by atoms with Gasteiger partial charge in [0.15, 0.2) is 23.0 Å². The van der Waals surface area contributed by atoms with Crippen LogP contribution in [0.2, 0.25) is 10.0 Å². The number of halogens is 2. The van der Waals surface area contributed by atoms with Gasteiger partial charge < -0.3 is 24.3 Å². The highest BCUT2D eigenvalue weighted by Crippen LogP contribution is 2.42. The fourth-order valence-corrected chi connectivity index (χ4v) is 3.35. The van der Waals surface area contributed by atoms with Gasteiger partial charge in [-0.1, -0.05) is 23.2 Å². The summed E-state index contributed by atoms with van der Waals surface area (Å²) in [4.78, 5) is 25.0. The van der Waals surface area contributed by atoms with E-state index in [0.717, 1.165) is 0 Å². The van der Waals surface area contributed by atoms with E-state index in [0.29, 0.717) is 30.5 Å². The molecule has 0 bridgehead atoms. The van der Waals surface area contributed by atoms with Gasteiger partial charge in [0.2, 0.25) is 6.04 Å². The lowest BCUT2D eigenvalue weighted by Gasteiger charge is -2.15. The zero-order valence-corrected chi connectivity index (χ0v) is 20.4. The molecule has 0 radical (unpaired) electrons. The standard InChI is InChI=1S/C22H25Cl2N3O6/c1-6-32-16-11-8-13(17(23)21(16)33-7-2)26-27-19(12(3)28)22(29)25-14-9-10-15(30-4)18(24)20(14)31-5/h8-11,19H,6-7H2,1-5H3,(H,25,29). The Hall–Kier alpha value is -3.04. The van der Waals surface area contributed by atoms with E-state index in [1.807, 2.05) is 6.92 Å². The Kier molecular flexibility index (Phi) is 9.74. The van der Waals surface area contributed by atoms with Gasteiger partial charge in [0.05, 0.1) is 33.1 Å². The van der Waals surface area contributed by atoms with Crippen LogP contribution in [0, 0.1) is 0 Å². The zero-order chi connectivity index (χ0) is 24.5. The van der Waals surface area contributed by atoms with E-state index < -0.39 is 17.7 Å². The molecule has 2 aromatic carbocycles. The largest absolute Gasteiger partial charge is 0.495 e. The summed E-state index contributed by atoms with van der Waals surface area (Å²) in [6, 6.07) is 4.84. The number of methoxy groups -OCH3 is 2. The molecule has 0 saturated carbocycles. The molecule has 178 valence electrons. The van der Waals surface area contributed by atoms with Gasteiger partial charge >= 0.3 is 0 Å². The Bertz CT molecular complexity index is 1050. The molecular formula is C22H25Cl2N3O6. The first kappa shape index (κ1) is 26.2. The lowest BCUT2D eigenvalue weighted by Crippen LogP contribution is -2.32. The van der Waals surface area contributed by atoms with Crippen molar-refractivity contribution < 1.29 is 28.5 Å². The molecule has 0 aliphatic heterocycles. The molecule has 1 unspecified atom stereocenters. The molecule has 1 atom stereocenters. The van der Waals surface area contributed by atoms with Crippen molar-refractivity contribution in [2.45, 2.75) is 26.8 Å². The van der Waals surface area contributed by atoms with Crippen molar-refractivity contribution in [2.75, 3.05) is 32.8 Å². The minimum absolute atomic E-state index is 0.151. The van der Waals surface area contributed by atoms with Crippen LogP contribution in [0.3, 0.4) is 0 Å². The first-order valence-corrected chi connectivity index (χ1v) is 10.7. The van der Waals surface area contributed by atoms with Crippen LogP contribution in [0.4, 0.5) is 11.4 Å². The minimum Gasteiger partial charge on any atom is -0.495 e. The second-order valence-corrected chi connectivity index (χ2v) is 7.23. The third-order valence-electron chi connectivity index (χ3n) is 4.29. The molecule has 33 heavy (non-hydrogen) atoms.